The molecule has 0 saturated heterocycles. The topological polar surface area (TPSA) is 70.8 Å². The minimum atomic E-state index is -0.676. The maximum Gasteiger partial charge on any atom is 0.207 e. The third-order valence-corrected chi connectivity index (χ3v) is 4.46. The van der Waals surface area contributed by atoms with E-state index >= 15 is 0 Å². The molecule has 0 amide bonds. The predicted octanol–water partition coefficient (Wildman–Crippen LogP) is 4.40. The molecule has 2 rings (SSSR count). The van der Waals surface area contributed by atoms with Gasteiger partial charge in [-0.2, -0.15) is 0 Å². The Balaban J connectivity index is 2.36. The number of methoxy groups -OCH3 is 2. The summed E-state index contributed by atoms with van der Waals surface area (Å²) in [6, 6.07) is 8.84. The summed E-state index contributed by atoms with van der Waals surface area (Å²) in [6.45, 7) is 3.83. The van der Waals surface area contributed by atoms with Crippen molar-refractivity contribution in [1.82, 2.24) is 0 Å². The Hall–Kier alpha value is -2.21. The van der Waals surface area contributed by atoms with Gasteiger partial charge in [0.25, 0.3) is 0 Å². The summed E-state index contributed by atoms with van der Waals surface area (Å²) >= 11 is 3.39. The van der Waals surface area contributed by atoms with Crippen LogP contribution in [0.4, 0.5) is 5.69 Å². The number of ether oxygens (including phenoxy) is 3. The second-order valence-corrected chi connectivity index (χ2v) is 6.46. The van der Waals surface area contributed by atoms with Crippen LogP contribution in [0.15, 0.2) is 34.8 Å². The number of ketones is 1. The number of carbonyl (C=O) groups is 1. The van der Waals surface area contributed by atoms with Crippen molar-refractivity contribution in [2.24, 2.45) is 0 Å². The van der Waals surface area contributed by atoms with Crippen LogP contribution in [0.1, 0.15) is 29.3 Å². The first-order valence-electron chi connectivity index (χ1n) is 7.89. The third-order valence-electron chi connectivity index (χ3n) is 3.84. The van der Waals surface area contributed by atoms with Crippen LogP contribution in [-0.4, -0.2) is 26.1 Å². The standard InChI is InChI=1S/C19H22BrNO4/c1-5-15(25-16-7-6-11(2)8-14(16)21)19(22)12-9-18(24-4)13(20)10-17(12)23-3/h6-10,15H,5,21H2,1-4H3. The van der Waals surface area contributed by atoms with Crippen LogP contribution in [0.3, 0.4) is 0 Å². The highest BCUT2D eigenvalue weighted by Crippen LogP contribution is 2.34. The van der Waals surface area contributed by atoms with E-state index in [9.17, 15) is 4.79 Å². The van der Waals surface area contributed by atoms with Gasteiger partial charge in [0, 0.05) is 0 Å². The van der Waals surface area contributed by atoms with E-state index in [0.29, 0.717) is 39.4 Å². The van der Waals surface area contributed by atoms with Crippen molar-refractivity contribution >= 4 is 27.4 Å². The Morgan fingerprint density at radius 3 is 2.36 bits per heavy atom. The van der Waals surface area contributed by atoms with Crippen molar-refractivity contribution in [2.75, 3.05) is 20.0 Å². The van der Waals surface area contributed by atoms with Crippen LogP contribution in [0.2, 0.25) is 0 Å². The van der Waals surface area contributed by atoms with Crippen LogP contribution in [0.5, 0.6) is 17.2 Å². The molecule has 5 nitrogen and oxygen atoms in total. The third kappa shape index (κ3) is 4.25. The highest BCUT2D eigenvalue weighted by Gasteiger charge is 2.25. The lowest BCUT2D eigenvalue weighted by atomic mass is 10.0. The largest absolute Gasteiger partial charge is 0.496 e. The molecule has 1 unspecified atom stereocenters. The van der Waals surface area contributed by atoms with Crippen LogP contribution in [-0.2, 0) is 0 Å². The normalized spacial score (nSPS) is 11.7. The maximum absolute atomic E-state index is 13.0. The number of Topliss-reactive ketones (excluding diaryl/α,β-unsaturated/α-hetero) is 1. The van der Waals surface area contributed by atoms with Gasteiger partial charge in [0.15, 0.2) is 6.10 Å². The Kier molecular flexibility index (Phi) is 6.31. The van der Waals surface area contributed by atoms with E-state index in [-0.39, 0.29) is 5.78 Å². The smallest absolute Gasteiger partial charge is 0.207 e. The zero-order chi connectivity index (χ0) is 18.6. The number of nitrogen functional groups attached to an aromatic ring is 1. The number of anilines is 1. The van der Waals surface area contributed by atoms with Gasteiger partial charge in [0.05, 0.1) is 29.9 Å². The van der Waals surface area contributed by atoms with Crippen molar-refractivity contribution in [3.63, 3.8) is 0 Å². The van der Waals surface area contributed by atoms with Crippen LogP contribution in [0, 0.1) is 6.92 Å². The summed E-state index contributed by atoms with van der Waals surface area (Å²) in [4.78, 5) is 13.0. The molecule has 0 aliphatic heterocycles. The highest BCUT2D eigenvalue weighted by atomic mass is 79.9. The molecule has 0 heterocycles. The highest BCUT2D eigenvalue weighted by molar-refractivity contribution is 9.10. The van der Waals surface area contributed by atoms with Gasteiger partial charge in [-0.1, -0.05) is 13.0 Å². The number of carbonyl (C=O) groups excluding carboxylic acids is 1. The van der Waals surface area contributed by atoms with E-state index in [1.807, 2.05) is 26.0 Å². The average molecular weight is 408 g/mol. The SMILES string of the molecule is CCC(Oc1ccc(C)cc1N)C(=O)c1cc(OC)c(Br)cc1OC. The molecule has 0 aromatic heterocycles. The molecule has 6 heteroatoms. The van der Waals surface area contributed by atoms with Crippen molar-refractivity contribution in [3.8, 4) is 17.2 Å². The zero-order valence-electron chi connectivity index (χ0n) is 14.8. The van der Waals surface area contributed by atoms with Crippen LogP contribution >= 0.6 is 15.9 Å². The number of nitrogens with two attached hydrogens (primary N) is 1. The van der Waals surface area contributed by atoms with Gasteiger partial charge < -0.3 is 19.9 Å². The molecular formula is C19H22BrNO4. The monoisotopic (exact) mass is 407 g/mol. The van der Waals surface area contributed by atoms with E-state index in [2.05, 4.69) is 15.9 Å². The molecule has 2 N–H and O–H groups in total. The number of halogens is 1. The minimum absolute atomic E-state index is 0.190. The molecule has 2 aromatic rings. The Labute approximate surface area is 156 Å². The Morgan fingerprint density at radius 2 is 1.80 bits per heavy atom. The molecule has 0 fully saturated rings. The number of aryl methyl sites for hydroxylation is 1. The van der Waals surface area contributed by atoms with E-state index < -0.39 is 6.10 Å². The predicted molar refractivity (Wildman–Crippen MR) is 102 cm³/mol. The lowest BCUT2D eigenvalue weighted by molar-refractivity contribution is 0.0784. The molecule has 0 aliphatic rings. The first-order chi connectivity index (χ1) is 11.9. The molecule has 134 valence electrons. The molecular weight excluding hydrogens is 386 g/mol. The summed E-state index contributed by atoms with van der Waals surface area (Å²) in [7, 11) is 3.06. The first kappa shape index (κ1) is 19.1. The average Bonchev–Trinajstić information content (AvgIpc) is 2.60. The number of rotatable bonds is 7. The summed E-state index contributed by atoms with van der Waals surface area (Å²) in [5.74, 6) is 1.31. The fourth-order valence-corrected chi connectivity index (χ4v) is 2.96. The molecule has 0 saturated carbocycles. The molecule has 0 aliphatic carbocycles. The minimum Gasteiger partial charge on any atom is -0.496 e. The van der Waals surface area contributed by atoms with E-state index in [4.69, 9.17) is 19.9 Å². The molecule has 25 heavy (non-hydrogen) atoms. The van der Waals surface area contributed by atoms with Crippen molar-refractivity contribution < 1.29 is 19.0 Å². The van der Waals surface area contributed by atoms with Crippen molar-refractivity contribution in [2.45, 2.75) is 26.4 Å². The van der Waals surface area contributed by atoms with Gasteiger partial charge in [-0.15, -0.1) is 0 Å². The number of hydrogen-bond donors (Lipinski definition) is 1. The second-order valence-electron chi connectivity index (χ2n) is 5.61. The quantitative estimate of drug-likeness (QED) is 0.543. The van der Waals surface area contributed by atoms with E-state index in [0.717, 1.165) is 5.56 Å². The van der Waals surface area contributed by atoms with Gasteiger partial charge in [0.1, 0.15) is 17.2 Å². The fraction of sp³-hybridized carbons (Fsp3) is 0.316. The first-order valence-corrected chi connectivity index (χ1v) is 8.69. The van der Waals surface area contributed by atoms with E-state index in [1.165, 1.54) is 7.11 Å². The summed E-state index contributed by atoms with van der Waals surface area (Å²) in [5.41, 5.74) is 7.94. The van der Waals surface area contributed by atoms with Gasteiger partial charge in [-0.25, -0.2) is 0 Å². The van der Waals surface area contributed by atoms with Gasteiger partial charge >= 0.3 is 0 Å². The lowest BCUT2D eigenvalue weighted by Gasteiger charge is -2.20. The lowest BCUT2D eigenvalue weighted by Crippen LogP contribution is -2.27. The molecule has 2 aromatic carbocycles. The van der Waals surface area contributed by atoms with Gasteiger partial charge in [0.2, 0.25) is 5.78 Å². The molecule has 1 atom stereocenters. The van der Waals surface area contributed by atoms with Crippen LogP contribution < -0.4 is 19.9 Å². The number of benzene rings is 2. The molecule has 0 spiro atoms. The number of hydrogen-bond acceptors (Lipinski definition) is 5. The summed E-state index contributed by atoms with van der Waals surface area (Å²) in [6.07, 6.45) is -0.182. The zero-order valence-corrected chi connectivity index (χ0v) is 16.3. The summed E-state index contributed by atoms with van der Waals surface area (Å²) < 4.78 is 17.2. The van der Waals surface area contributed by atoms with E-state index in [1.54, 1.807) is 25.3 Å². The molecule has 0 bridgehead atoms. The van der Waals surface area contributed by atoms with Crippen molar-refractivity contribution in [1.29, 1.82) is 0 Å². The molecule has 0 radical (unpaired) electrons. The second kappa shape index (κ2) is 8.25. The summed E-state index contributed by atoms with van der Waals surface area (Å²) in [5, 5.41) is 0. The van der Waals surface area contributed by atoms with Crippen LogP contribution in [0.25, 0.3) is 0 Å². The Morgan fingerprint density at radius 1 is 1.12 bits per heavy atom. The fourth-order valence-electron chi connectivity index (χ4n) is 2.48. The Bertz CT molecular complexity index is 776. The maximum atomic E-state index is 13.0. The van der Waals surface area contributed by atoms with Gasteiger partial charge in [-0.05, 0) is 59.1 Å². The van der Waals surface area contributed by atoms with Crippen molar-refractivity contribution in [3.05, 3.63) is 45.9 Å². The van der Waals surface area contributed by atoms with Gasteiger partial charge in [-0.3, -0.25) is 4.79 Å².